The van der Waals surface area contributed by atoms with E-state index >= 15 is 0 Å². The molecule has 0 spiro atoms. The lowest BCUT2D eigenvalue weighted by Gasteiger charge is -2.06. The molecular formula is C12H9FN2O5. The van der Waals surface area contributed by atoms with Crippen LogP contribution in [-0.4, -0.2) is 37.0 Å². The third-order valence-electron chi connectivity index (χ3n) is 2.69. The second-order valence-electron chi connectivity index (χ2n) is 4.00. The van der Waals surface area contributed by atoms with Gasteiger partial charge in [0.25, 0.3) is 0 Å². The summed E-state index contributed by atoms with van der Waals surface area (Å²) in [6.45, 7) is 0. The normalized spacial score (nSPS) is 10.5. The monoisotopic (exact) mass is 280 g/mol. The number of aromatic nitrogens is 2. The summed E-state index contributed by atoms with van der Waals surface area (Å²) >= 11 is 0. The van der Waals surface area contributed by atoms with Gasteiger partial charge in [0.1, 0.15) is 5.56 Å². The molecule has 20 heavy (non-hydrogen) atoms. The molecule has 0 fully saturated rings. The predicted octanol–water partition coefficient (Wildman–Crippen LogP) is 1.33. The van der Waals surface area contributed by atoms with Crippen LogP contribution in [0.5, 0.6) is 5.75 Å². The first-order valence-corrected chi connectivity index (χ1v) is 5.34. The molecule has 2 aromatic rings. The zero-order valence-electron chi connectivity index (χ0n) is 10.2. The Kier molecular flexibility index (Phi) is 3.15. The minimum Gasteiger partial charge on any atom is -0.504 e. The van der Waals surface area contributed by atoms with Crippen LogP contribution in [0.1, 0.15) is 20.8 Å². The van der Waals surface area contributed by atoms with E-state index in [1.807, 2.05) is 0 Å². The second-order valence-corrected chi connectivity index (χ2v) is 4.00. The number of halogens is 1. The zero-order valence-corrected chi connectivity index (χ0v) is 10.2. The van der Waals surface area contributed by atoms with Gasteiger partial charge in [-0.25, -0.2) is 14.0 Å². The van der Waals surface area contributed by atoms with Gasteiger partial charge in [-0.15, -0.1) is 0 Å². The predicted molar refractivity (Wildman–Crippen MR) is 64.2 cm³/mol. The van der Waals surface area contributed by atoms with Gasteiger partial charge in [0, 0.05) is 12.6 Å². The van der Waals surface area contributed by atoms with Crippen LogP contribution >= 0.6 is 0 Å². The van der Waals surface area contributed by atoms with Crippen LogP contribution in [0.15, 0.2) is 18.2 Å². The van der Waals surface area contributed by atoms with Crippen LogP contribution in [0.4, 0.5) is 4.39 Å². The van der Waals surface area contributed by atoms with Crippen molar-refractivity contribution in [1.29, 1.82) is 0 Å². The van der Waals surface area contributed by atoms with E-state index in [0.29, 0.717) is 0 Å². The fourth-order valence-electron chi connectivity index (χ4n) is 1.75. The maximum atomic E-state index is 13.5. The van der Waals surface area contributed by atoms with Crippen LogP contribution in [0.2, 0.25) is 0 Å². The highest BCUT2D eigenvalue weighted by atomic mass is 19.1. The fourth-order valence-corrected chi connectivity index (χ4v) is 1.75. The molecule has 1 aromatic carbocycles. The van der Waals surface area contributed by atoms with E-state index in [0.717, 1.165) is 12.1 Å². The Hall–Kier alpha value is -2.90. The highest BCUT2D eigenvalue weighted by molar-refractivity contribution is 5.93. The summed E-state index contributed by atoms with van der Waals surface area (Å²) < 4.78 is 14.7. The van der Waals surface area contributed by atoms with E-state index in [2.05, 4.69) is 5.10 Å². The minimum absolute atomic E-state index is 0.0974. The molecule has 0 saturated heterocycles. The van der Waals surface area contributed by atoms with Crippen molar-refractivity contribution in [2.45, 2.75) is 0 Å². The molecule has 8 heteroatoms. The van der Waals surface area contributed by atoms with Crippen molar-refractivity contribution in [3.8, 4) is 17.0 Å². The lowest BCUT2D eigenvalue weighted by Crippen LogP contribution is -2.01. The van der Waals surface area contributed by atoms with E-state index < -0.39 is 29.1 Å². The third kappa shape index (κ3) is 2.18. The SMILES string of the molecule is Cn1nc(C(=O)O)cc1-c1cc(F)c(O)c(C(=O)O)c1. The summed E-state index contributed by atoms with van der Waals surface area (Å²) in [6.07, 6.45) is 0. The number of aromatic hydroxyl groups is 1. The molecule has 0 amide bonds. The fraction of sp³-hybridized carbons (Fsp3) is 0.0833. The molecular weight excluding hydrogens is 271 g/mol. The molecule has 2 rings (SSSR count). The van der Waals surface area contributed by atoms with Gasteiger partial charge in [-0.05, 0) is 18.2 Å². The molecule has 1 aromatic heterocycles. The van der Waals surface area contributed by atoms with Gasteiger partial charge in [-0.3, -0.25) is 4.68 Å². The average Bonchev–Trinajstić information content (AvgIpc) is 2.74. The molecule has 0 aliphatic rings. The molecule has 0 atom stereocenters. The summed E-state index contributed by atoms with van der Waals surface area (Å²) in [4.78, 5) is 21.7. The van der Waals surface area contributed by atoms with E-state index in [1.54, 1.807) is 0 Å². The van der Waals surface area contributed by atoms with Gasteiger partial charge in [0.05, 0.1) is 5.69 Å². The lowest BCUT2D eigenvalue weighted by molar-refractivity contribution is 0.0680. The number of rotatable bonds is 3. The number of hydrogen-bond donors (Lipinski definition) is 3. The smallest absolute Gasteiger partial charge is 0.356 e. The molecule has 0 saturated carbocycles. The Morgan fingerprint density at radius 1 is 1.20 bits per heavy atom. The number of phenols is 1. The van der Waals surface area contributed by atoms with Crippen molar-refractivity contribution in [3.63, 3.8) is 0 Å². The molecule has 0 radical (unpaired) electrons. The molecule has 0 aliphatic heterocycles. The minimum atomic E-state index is -1.50. The molecule has 0 unspecified atom stereocenters. The number of hydrogen-bond acceptors (Lipinski definition) is 4. The van der Waals surface area contributed by atoms with Crippen molar-refractivity contribution in [1.82, 2.24) is 9.78 Å². The van der Waals surface area contributed by atoms with E-state index in [9.17, 15) is 19.1 Å². The molecule has 1 heterocycles. The van der Waals surface area contributed by atoms with Crippen LogP contribution in [0.25, 0.3) is 11.3 Å². The van der Waals surface area contributed by atoms with E-state index in [1.165, 1.54) is 17.8 Å². The number of carbonyl (C=O) groups is 2. The highest BCUT2D eigenvalue weighted by Crippen LogP contribution is 2.29. The van der Waals surface area contributed by atoms with E-state index in [4.69, 9.17) is 10.2 Å². The molecule has 104 valence electrons. The molecule has 7 nitrogen and oxygen atoms in total. The third-order valence-corrected chi connectivity index (χ3v) is 2.69. The summed E-state index contributed by atoms with van der Waals surface area (Å²) in [5.41, 5.74) is -0.560. The van der Waals surface area contributed by atoms with Crippen molar-refractivity contribution in [3.05, 3.63) is 35.3 Å². The summed E-state index contributed by atoms with van der Waals surface area (Å²) in [5.74, 6) is -4.84. The van der Waals surface area contributed by atoms with Gasteiger partial charge >= 0.3 is 11.9 Å². The second kappa shape index (κ2) is 4.65. The number of carboxylic acid groups (broad SMARTS) is 2. The zero-order chi connectivity index (χ0) is 15.0. The summed E-state index contributed by atoms with van der Waals surface area (Å²) in [5, 5.41) is 30.7. The topological polar surface area (TPSA) is 113 Å². The van der Waals surface area contributed by atoms with Crippen molar-refractivity contribution in [2.75, 3.05) is 0 Å². The molecule has 0 aliphatic carbocycles. The number of carboxylic acids is 2. The first-order valence-electron chi connectivity index (χ1n) is 5.34. The van der Waals surface area contributed by atoms with Crippen molar-refractivity contribution in [2.24, 2.45) is 7.05 Å². The van der Waals surface area contributed by atoms with Gasteiger partial charge in [-0.1, -0.05) is 0 Å². The van der Waals surface area contributed by atoms with Crippen LogP contribution in [-0.2, 0) is 7.05 Å². The van der Waals surface area contributed by atoms with Gasteiger partial charge < -0.3 is 15.3 Å². The Labute approximate surface area is 111 Å². The van der Waals surface area contributed by atoms with Crippen LogP contribution in [0, 0.1) is 5.82 Å². The largest absolute Gasteiger partial charge is 0.504 e. The van der Waals surface area contributed by atoms with Crippen LogP contribution in [0.3, 0.4) is 0 Å². The first-order chi connectivity index (χ1) is 9.31. The first kappa shape index (κ1) is 13.5. The quantitative estimate of drug-likeness (QED) is 0.781. The lowest BCUT2D eigenvalue weighted by atomic mass is 10.1. The van der Waals surface area contributed by atoms with Gasteiger partial charge in [-0.2, -0.15) is 5.10 Å². The van der Waals surface area contributed by atoms with E-state index in [-0.39, 0.29) is 17.0 Å². The molecule has 3 N–H and O–H groups in total. The Bertz CT molecular complexity index is 723. The Morgan fingerprint density at radius 2 is 1.85 bits per heavy atom. The van der Waals surface area contributed by atoms with Crippen molar-refractivity contribution < 1.29 is 29.3 Å². The maximum Gasteiger partial charge on any atom is 0.356 e. The number of aryl methyl sites for hydroxylation is 1. The molecule has 0 bridgehead atoms. The average molecular weight is 280 g/mol. The summed E-state index contributed by atoms with van der Waals surface area (Å²) in [6, 6.07) is 3.13. The Morgan fingerprint density at radius 3 is 2.35 bits per heavy atom. The van der Waals surface area contributed by atoms with Crippen LogP contribution < -0.4 is 0 Å². The van der Waals surface area contributed by atoms with Crippen molar-refractivity contribution >= 4 is 11.9 Å². The standard InChI is InChI=1S/C12H9FN2O5/c1-15-9(4-8(14-15)12(19)20)5-2-6(11(17)18)10(16)7(13)3-5/h2-4,16H,1H3,(H,17,18)(H,19,20). The number of benzene rings is 1. The number of nitrogens with zero attached hydrogens (tertiary/aromatic N) is 2. The highest BCUT2D eigenvalue weighted by Gasteiger charge is 2.19. The van der Waals surface area contributed by atoms with Gasteiger partial charge in [0.2, 0.25) is 0 Å². The Balaban J connectivity index is 2.64. The summed E-state index contributed by atoms with van der Waals surface area (Å²) in [7, 11) is 1.44. The number of aromatic carboxylic acids is 2. The maximum absolute atomic E-state index is 13.5. The van der Waals surface area contributed by atoms with Gasteiger partial charge in [0.15, 0.2) is 17.3 Å².